The van der Waals surface area contributed by atoms with Crippen LogP contribution in [0.25, 0.3) is 0 Å². The maximum absolute atomic E-state index is 10.7. The fraction of sp³-hybridized carbons (Fsp3) is 0.647. The van der Waals surface area contributed by atoms with Gasteiger partial charge in [0.05, 0.1) is 6.10 Å². The van der Waals surface area contributed by atoms with Gasteiger partial charge in [0.25, 0.3) is 0 Å². The summed E-state index contributed by atoms with van der Waals surface area (Å²) >= 11 is 0. The maximum atomic E-state index is 10.7. The van der Waals surface area contributed by atoms with Crippen molar-refractivity contribution >= 4 is 0 Å². The lowest BCUT2D eigenvalue weighted by Crippen LogP contribution is -2.47. The van der Waals surface area contributed by atoms with Gasteiger partial charge in [-0.3, -0.25) is 4.90 Å². The first-order chi connectivity index (χ1) is 9.09. The van der Waals surface area contributed by atoms with Gasteiger partial charge < -0.3 is 5.11 Å². The van der Waals surface area contributed by atoms with Crippen LogP contribution in [-0.4, -0.2) is 29.1 Å². The average molecular weight is 261 g/mol. The summed E-state index contributed by atoms with van der Waals surface area (Å²) in [5.41, 5.74) is 1.04. The van der Waals surface area contributed by atoms with Crippen molar-refractivity contribution in [2.75, 3.05) is 13.1 Å². The molecule has 2 nitrogen and oxygen atoms in total. The Kier molecular flexibility index (Phi) is 5.00. The molecule has 0 radical (unpaired) electrons. The first-order valence-electron chi connectivity index (χ1n) is 7.56. The third-order valence-corrected chi connectivity index (χ3v) is 4.39. The molecule has 1 aromatic rings. The number of likely N-dealkylation sites (tertiary alicyclic amines) is 1. The first kappa shape index (κ1) is 14.5. The predicted molar refractivity (Wildman–Crippen MR) is 80.0 cm³/mol. The highest BCUT2D eigenvalue weighted by Crippen LogP contribution is 2.29. The van der Waals surface area contributed by atoms with Crippen molar-refractivity contribution in [2.24, 2.45) is 11.8 Å². The molecule has 0 aromatic heterocycles. The van der Waals surface area contributed by atoms with Gasteiger partial charge in [-0.1, -0.05) is 51.1 Å². The summed E-state index contributed by atoms with van der Waals surface area (Å²) in [6, 6.07) is 10.3. The van der Waals surface area contributed by atoms with Crippen LogP contribution < -0.4 is 0 Å². The highest BCUT2D eigenvalue weighted by atomic mass is 16.3. The monoisotopic (exact) mass is 261 g/mol. The Morgan fingerprint density at radius 2 is 1.68 bits per heavy atom. The van der Waals surface area contributed by atoms with Crippen molar-refractivity contribution < 1.29 is 5.11 Å². The molecule has 0 bridgehead atoms. The van der Waals surface area contributed by atoms with Crippen molar-refractivity contribution in [1.82, 2.24) is 4.90 Å². The first-order valence-corrected chi connectivity index (χ1v) is 7.56. The minimum atomic E-state index is -0.380. The van der Waals surface area contributed by atoms with E-state index in [2.05, 4.69) is 25.7 Å². The van der Waals surface area contributed by atoms with Crippen LogP contribution in [-0.2, 0) is 0 Å². The molecular weight excluding hydrogens is 234 g/mol. The lowest BCUT2D eigenvalue weighted by atomic mass is 9.89. The Balaban J connectivity index is 2.11. The van der Waals surface area contributed by atoms with Crippen LogP contribution >= 0.6 is 0 Å². The minimum absolute atomic E-state index is 0.231. The van der Waals surface area contributed by atoms with E-state index in [0.717, 1.165) is 24.6 Å². The van der Waals surface area contributed by atoms with Crippen LogP contribution in [0.3, 0.4) is 0 Å². The number of hydrogen-bond acceptors (Lipinski definition) is 2. The average Bonchev–Trinajstić information content (AvgIpc) is 2.42. The number of piperidine rings is 1. The van der Waals surface area contributed by atoms with Crippen LogP contribution in [0.1, 0.15) is 45.3 Å². The smallest absolute Gasteiger partial charge is 0.0947 e. The Morgan fingerprint density at radius 1 is 1.11 bits per heavy atom. The summed E-state index contributed by atoms with van der Waals surface area (Å²) in [5, 5.41) is 10.7. The van der Waals surface area contributed by atoms with E-state index in [1.807, 2.05) is 30.3 Å². The van der Waals surface area contributed by atoms with Crippen LogP contribution in [0.2, 0.25) is 0 Å². The van der Waals surface area contributed by atoms with Crippen LogP contribution in [0.4, 0.5) is 0 Å². The molecule has 19 heavy (non-hydrogen) atoms. The van der Waals surface area contributed by atoms with Crippen molar-refractivity contribution in [3.8, 4) is 0 Å². The van der Waals surface area contributed by atoms with Crippen molar-refractivity contribution in [2.45, 2.75) is 45.8 Å². The predicted octanol–water partition coefficient (Wildman–Crippen LogP) is 3.48. The molecular formula is C17H27NO. The molecule has 1 saturated heterocycles. The molecule has 1 aliphatic heterocycles. The van der Waals surface area contributed by atoms with Crippen molar-refractivity contribution in [1.29, 1.82) is 0 Å². The molecule has 1 aliphatic rings. The zero-order chi connectivity index (χ0) is 13.8. The summed E-state index contributed by atoms with van der Waals surface area (Å²) in [7, 11) is 0. The van der Waals surface area contributed by atoms with E-state index in [9.17, 15) is 5.11 Å². The van der Waals surface area contributed by atoms with Gasteiger partial charge in [0, 0.05) is 6.04 Å². The van der Waals surface area contributed by atoms with E-state index in [0.29, 0.717) is 5.92 Å². The fourth-order valence-corrected chi connectivity index (χ4v) is 3.16. The second-order valence-electron chi connectivity index (χ2n) is 6.31. The number of aliphatic hydroxyl groups excluding tert-OH is 1. The highest BCUT2D eigenvalue weighted by molar-refractivity contribution is 5.19. The molecule has 2 atom stereocenters. The van der Waals surface area contributed by atoms with E-state index in [1.54, 1.807) is 0 Å². The number of hydrogen-bond donors (Lipinski definition) is 1. The van der Waals surface area contributed by atoms with Gasteiger partial charge in [-0.2, -0.15) is 0 Å². The lowest BCUT2D eigenvalue weighted by Gasteiger charge is -2.41. The molecule has 2 heteroatoms. The molecule has 2 rings (SSSR count). The second-order valence-corrected chi connectivity index (χ2v) is 6.31. The topological polar surface area (TPSA) is 23.5 Å². The van der Waals surface area contributed by atoms with Gasteiger partial charge in [-0.15, -0.1) is 0 Å². The Morgan fingerprint density at radius 3 is 2.21 bits per heavy atom. The van der Waals surface area contributed by atoms with E-state index in [4.69, 9.17) is 0 Å². The Bertz CT molecular complexity index is 368. The summed E-state index contributed by atoms with van der Waals surface area (Å²) in [4.78, 5) is 2.49. The lowest BCUT2D eigenvalue weighted by molar-refractivity contribution is 0.00599. The van der Waals surface area contributed by atoms with Crippen molar-refractivity contribution in [3.63, 3.8) is 0 Å². The van der Waals surface area contributed by atoms with E-state index >= 15 is 0 Å². The third kappa shape index (κ3) is 3.58. The number of benzene rings is 1. The van der Waals surface area contributed by atoms with Crippen LogP contribution in [0.5, 0.6) is 0 Å². The van der Waals surface area contributed by atoms with E-state index in [-0.39, 0.29) is 12.1 Å². The summed E-state index contributed by atoms with van der Waals surface area (Å²) in [6.07, 6.45) is 2.13. The van der Waals surface area contributed by atoms with Gasteiger partial charge in [-0.25, -0.2) is 0 Å². The highest BCUT2D eigenvalue weighted by Gasteiger charge is 2.31. The Hall–Kier alpha value is -0.860. The molecule has 0 saturated carbocycles. The van der Waals surface area contributed by atoms with E-state index < -0.39 is 0 Å². The normalized spacial score (nSPS) is 21.5. The van der Waals surface area contributed by atoms with Gasteiger partial charge in [-0.05, 0) is 43.3 Å². The van der Waals surface area contributed by atoms with Crippen LogP contribution in [0, 0.1) is 11.8 Å². The molecule has 1 aromatic carbocycles. The quantitative estimate of drug-likeness (QED) is 0.897. The summed E-state index contributed by atoms with van der Waals surface area (Å²) in [5.74, 6) is 1.29. The Labute approximate surface area is 117 Å². The van der Waals surface area contributed by atoms with Crippen LogP contribution in [0.15, 0.2) is 30.3 Å². The van der Waals surface area contributed by atoms with Gasteiger partial charge in [0.2, 0.25) is 0 Å². The molecule has 0 aliphatic carbocycles. The van der Waals surface area contributed by atoms with Gasteiger partial charge >= 0.3 is 0 Å². The number of aliphatic hydroxyl groups is 1. The molecule has 2 unspecified atom stereocenters. The molecule has 106 valence electrons. The summed E-state index contributed by atoms with van der Waals surface area (Å²) in [6.45, 7) is 9.00. The maximum Gasteiger partial charge on any atom is 0.0947 e. The third-order valence-electron chi connectivity index (χ3n) is 4.39. The minimum Gasteiger partial charge on any atom is -0.387 e. The zero-order valence-electron chi connectivity index (χ0n) is 12.4. The standard InChI is InChI=1S/C17H27NO/c1-13(2)16(18-11-9-14(3)10-12-18)17(19)15-7-5-4-6-8-15/h4-8,13-14,16-17,19H,9-12H2,1-3H3. The van der Waals surface area contributed by atoms with Gasteiger partial charge in [0.15, 0.2) is 0 Å². The summed E-state index contributed by atoms with van der Waals surface area (Å²) < 4.78 is 0. The SMILES string of the molecule is CC1CCN(C(C(C)C)C(O)c2ccccc2)CC1. The number of rotatable bonds is 4. The molecule has 0 amide bonds. The molecule has 1 heterocycles. The molecule has 1 N–H and O–H groups in total. The largest absolute Gasteiger partial charge is 0.387 e. The zero-order valence-corrected chi connectivity index (χ0v) is 12.4. The fourth-order valence-electron chi connectivity index (χ4n) is 3.16. The molecule has 1 fully saturated rings. The second kappa shape index (κ2) is 6.53. The van der Waals surface area contributed by atoms with Gasteiger partial charge in [0.1, 0.15) is 0 Å². The molecule has 0 spiro atoms. The number of nitrogens with zero attached hydrogens (tertiary/aromatic N) is 1. The van der Waals surface area contributed by atoms with E-state index in [1.165, 1.54) is 12.8 Å². The van der Waals surface area contributed by atoms with Crippen molar-refractivity contribution in [3.05, 3.63) is 35.9 Å².